The Balaban J connectivity index is 2.33. The largest absolute Gasteiger partial charge is 0.250 e. The van der Waals surface area contributed by atoms with Crippen LogP contribution in [0.4, 0.5) is 0 Å². The maximum absolute atomic E-state index is 4.40. The predicted octanol–water partition coefficient (Wildman–Crippen LogP) is 2.84. The van der Waals surface area contributed by atoms with Gasteiger partial charge in [0, 0.05) is 24.8 Å². The molecule has 2 rings (SSSR count). The highest BCUT2D eigenvalue weighted by atomic mass is 15.0. The van der Waals surface area contributed by atoms with E-state index in [1.165, 1.54) is 18.5 Å². The van der Waals surface area contributed by atoms with E-state index in [2.05, 4.69) is 46.9 Å². The second-order valence-corrected chi connectivity index (χ2v) is 3.85. The fraction of sp³-hybridized carbons (Fsp3) is 0.286. The van der Waals surface area contributed by atoms with E-state index >= 15 is 0 Å². The first-order valence-corrected chi connectivity index (χ1v) is 5.81. The van der Waals surface area contributed by atoms with E-state index < -0.39 is 0 Å². The number of aromatic nitrogens is 2. The molecule has 0 radical (unpaired) electrons. The highest BCUT2D eigenvalue weighted by molar-refractivity contribution is 5.49. The van der Waals surface area contributed by atoms with Crippen LogP contribution in [0.25, 0.3) is 11.4 Å². The molecule has 0 aliphatic heterocycles. The van der Waals surface area contributed by atoms with Crippen molar-refractivity contribution >= 4 is 0 Å². The van der Waals surface area contributed by atoms with Gasteiger partial charge < -0.3 is 0 Å². The molecule has 0 aliphatic carbocycles. The van der Waals surface area contributed by atoms with Crippen LogP contribution in [0.5, 0.6) is 0 Å². The van der Waals surface area contributed by atoms with Crippen molar-refractivity contribution in [2.45, 2.75) is 26.3 Å². The van der Waals surface area contributed by atoms with Crippen LogP contribution in [0.2, 0.25) is 0 Å². The smallest absolute Gasteiger partial charge is 0.231 e. The average Bonchev–Trinajstić information content (AvgIpc) is 2.38. The van der Waals surface area contributed by atoms with Crippen LogP contribution in [-0.4, -0.2) is 4.98 Å². The van der Waals surface area contributed by atoms with E-state index in [-0.39, 0.29) is 0 Å². The Bertz CT molecular complexity index is 437. The number of unbranched alkanes of at least 4 members (excludes halogenated alkanes) is 1. The van der Waals surface area contributed by atoms with Crippen LogP contribution < -0.4 is 4.57 Å². The van der Waals surface area contributed by atoms with Crippen LogP contribution >= 0.6 is 0 Å². The van der Waals surface area contributed by atoms with Gasteiger partial charge in [0.1, 0.15) is 12.2 Å². The van der Waals surface area contributed by atoms with Crippen LogP contribution in [0.3, 0.4) is 0 Å². The van der Waals surface area contributed by atoms with Gasteiger partial charge in [0.05, 0.1) is 0 Å². The van der Waals surface area contributed by atoms with E-state index in [9.17, 15) is 0 Å². The number of hydrogen-bond donors (Lipinski definition) is 0. The molecule has 0 N–H and O–H groups in total. The van der Waals surface area contributed by atoms with Crippen LogP contribution in [0.15, 0.2) is 48.8 Å². The van der Waals surface area contributed by atoms with E-state index in [4.69, 9.17) is 0 Å². The Labute approximate surface area is 96.6 Å². The molecule has 0 bridgehead atoms. The number of aryl methyl sites for hydroxylation is 1. The Morgan fingerprint density at radius 3 is 2.75 bits per heavy atom. The van der Waals surface area contributed by atoms with Gasteiger partial charge in [0.25, 0.3) is 0 Å². The molecule has 16 heavy (non-hydrogen) atoms. The molecule has 2 nitrogen and oxygen atoms in total. The van der Waals surface area contributed by atoms with Crippen LogP contribution in [-0.2, 0) is 6.54 Å². The summed E-state index contributed by atoms with van der Waals surface area (Å²) in [5, 5.41) is 0. The van der Waals surface area contributed by atoms with Gasteiger partial charge in [-0.2, -0.15) is 4.57 Å². The zero-order chi connectivity index (χ0) is 11.2. The predicted molar refractivity (Wildman–Crippen MR) is 64.8 cm³/mol. The summed E-state index contributed by atoms with van der Waals surface area (Å²) in [7, 11) is 0. The Hall–Kier alpha value is -1.70. The minimum Gasteiger partial charge on any atom is -0.250 e. The summed E-state index contributed by atoms with van der Waals surface area (Å²) in [6.45, 7) is 3.27. The Morgan fingerprint density at radius 2 is 2.00 bits per heavy atom. The Kier molecular flexibility index (Phi) is 3.65. The van der Waals surface area contributed by atoms with Crippen molar-refractivity contribution in [3.63, 3.8) is 0 Å². The van der Waals surface area contributed by atoms with Gasteiger partial charge in [0.15, 0.2) is 6.20 Å². The molecule has 82 valence electrons. The molecule has 0 spiro atoms. The third-order valence-electron chi connectivity index (χ3n) is 2.62. The quantitative estimate of drug-likeness (QED) is 0.714. The van der Waals surface area contributed by atoms with Gasteiger partial charge in [-0.05, 0) is 18.2 Å². The average molecular weight is 213 g/mol. The summed E-state index contributed by atoms with van der Waals surface area (Å²) in [5.41, 5.74) is 2.23. The normalized spacial score (nSPS) is 10.3. The SMILES string of the molecule is CCCC[n+]1ccccc1-c1ccccn1. The first-order chi connectivity index (χ1) is 7.92. The second kappa shape index (κ2) is 5.40. The summed E-state index contributed by atoms with van der Waals surface area (Å²) in [5.74, 6) is 0. The molecule has 0 aliphatic rings. The molecule has 0 saturated carbocycles. The first-order valence-electron chi connectivity index (χ1n) is 5.81. The summed E-state index contributed by atoms with van der Waals surface area (Å²) in [4.78, 5) is 4.40. The highest BCUT2D eigenvalue weighted by Crippen LogP contribution is 2.10. The monoisotopic (exact) mass is 213 g/mol. The van der Waals surface area contributed by atoms with Crippen molar-refractivity contribution in [3.05, 3.63) is 48.8 Å². The van der Waals surface area contributed by atoms with Crippen molar-refractivity contribution in [2.24, 2.45) is 0 Å². The number of rotatable bonds is 4. The number of nitrogens with zero attached hydrogens (tertiary/aromatic N) is 2. The second-order valence-electron chi connectivity index (χ2n) is 3.85. The van der Waals surface area contributed by atoms with E-state index in [1.54, 1.807) is 0 Å². The van der Waals surface area contributed by atoms with Gasteiger partial charge in [0.2, 0.25) is 5.69 Å². The molecule has 0 fully saturated rings. The van der Waals surface area contributed by atoms with Crippen molar-refractivity contribution in [2.75, 3.05) is 0 Å². The minimum atomic E-state index is 1.04. The lowest BCUT2D eigenvalue weighted by Crippen LogP contribution is -2.35. The van der Waals surface area contributed by atoms with Gasteiger partial charge in [-0.1, -0.05) is 19.4 Å². The lowest BCUT2D eigenvalue weighted by molar-refractivity contribution is -0.686. The summed E-state index contributed by atoms with van der Waals surface area (Å²) < 4.78 is 2.27. The fourth-order valence-corrected chi connectivity index (χ4v) is 1.75. The molecular formula is C14H17N2+. The molecule has 2 heteroatoms. The van der Waals surface area contributed by atoms with E-state index in [0.717, 1.165) is 12.2 Å². The van der Waals surface area contributed by atoms with Gasteiger partial charge in [-0.3, -0.25) is 0 Å². The lowest BCUT2D eigenvalue weighted by Gasteiger charge is -2.02. The van der Waals surface area contributed by atoms with Gasteiger partial charge >= 0.3 is 0 Å². The topological polar surface area (TPSA) is 16.8 Å². The molecule has 0 amide bonds. The van der Waals surface area contributed by atoms with Crippen molar-refractivity contribution in [1.29, 1.82) is 0 Å². The third kappa shape index (κ3) is 2.45. The van der Waals surface area contributed by atoms with Gasteiger partial charge in [-0.25, -0.2) is 4.98 Å². The molecule has 0 aromatic carbocycles. The molecule has 0 unspecified atom stereocenters. The van der Waals surface area contributed by atoms with Crippen molar-refractivity contribution in [1.82, 2.24) is 4.98 Å². The molecule has 2 aromatic heterocycles. The molecule has 2 aromatic rings. The maximum Gasteiger partial charge on any atom is 0.231 e. The number of pyridine rings is 2. The highest BCUT2D eigenvalue weighted by Gasteiger charge is 2.11. The summed E-state index contributed by atoms with van der Waals surface area (Å²) in [6, 6.07) is 12.3. The minimum absolute atomic E-state index is 1.04. The maximum atomic E-state index is 4.40. The molecule has 0 atom stereocenters. The standard InChI is InChI=1S/C14H17N2/c1-2-3-11-16-12-7-5-9-14(16)13-8-4-6-10-15-13/h4-10,12H,2-3,11H2,1H3/q+1. The van der Waals surface area contributed by atoms with Crippen LogP contribution in [0, 0.1) is 0 Å². The fourth-order valence-electron chi connectivity index (χ4n) is 1.75. The first kappa shape index (κ1) is 10.8. The van der Waals surface area contributed by atoms with Crippen molar-refractivity contribution < 1.29 is 4.57 Å². The summed E-state index contributed by atoms with van der Waals surface area (Å²) >= 11 is 0. The Morgan fingerprint density at radius 1 is 1.12 bits per heavy atom. The zero-order valence-corrected chi connectivity index (χ0v) is 9.63. The lowest BCUT2D eigenvalue weighted by atomic mass is 10.2. The van der Waals surface area contributed by atoms with Crippen molar-refractivity contribution in [3.8, 4) is 11.4 Å². The molecule has 0 saturated heterocycles. The molecule has 2 heterocycles. The van der Waals surface area contributed by atoms with E-state index in [1.807, 2.05) is 18.3 Å². The third-order valence-corrected chi connectivity index (χ3v) is 2.62. The zero-order valence-electron chi connectivity index (χ0n) is 9.63. The summed E-state index contributed by atoms with van der Waals surface area (Å²) in [6.07, 6.45) is 6.38. The van der Waals surface area contributed by atoms with Crippen LogP contribution in [0.1, 0.15) is 19.8 Å². The van der Waals surface area contributed by atoms with E-state index in [0.29, 0.717) is 0 Å². The molecular weight excluding hydrogens is 196 g/mol. The number of hydrogen-bond acceptors (Lipinski definition) is 1. The van der Waals surface area contributed by atoms with Gasteiger partial charge in [-0.15, -0.1) is 0 Å².